The molecule has 0 saturated carbocycles. The van der Waals surface area contributed by atoms with Gasteiger partial charge in [0.2, 0.25) is 0 Å². The van der Waals surface area contributed by atoms with Crippen molar-refractivity contribution in [1.82, 2.24) is 5.16 Å². The van der Waals surface area contributed by atoms with Gasteiger partial charge in [-0.25, -0.2) is 0 Å². The van der Waals surface area contributed by atoms with Crippen LogP contribution in [0, 0.1) is 6.92 Å². The number of nitrogens with zero attached hydrogens (tertiary/aromatic N) is 1. The molecule has 78 valence electrons. The molecule has 0 aliphatic heterocycles. The van der Waals surface area contributed by atoms with Crippen LogP contribution in [0.15, 0.2) is 34.9 Å². The average molecular weight is 203 g/mol. The monoisotopic (exact) mass is 203 g/mol. The molecule has 1 heterocycles. The van der Waals surface area contributed by atoms with Gasteiger partial charge in [-0.3, -0.25) is 0 Å². The maximum atomic E-state index is 8.76. The molecule has 2 aromatic rings. The smallest absolute Gasteiger partial charge is 0.139 e. The molecule has 0 spiro atoms. The highest BCUT2D eigenvalue weighted by Gasteiger charge is 2.05. The highest BCUT2D eigenvalue weighted by atomic mass is 16.5. The van der Waals surface area contributed by atoms with Crippen molar-refractivity contribution in [1.29, 1.82) is 0 Å². The van der Waals surface area contributed by atoms with E-state index in [0.717, 1.165) is 11.3 Å². The number of aromatic nitrogens is 1. The predicted octanol–water partition coefficient (Wildman–Crippen LogP) is 2.18. The number of hydrogen-bond acceptors (Lipinski definition) is 3. The van der Waals surface area contributed by atoms with Crippen LogP contribution < -0.4 is 0 Å². The summed E-state index contributed by atoms with van der Waals surface area (Å²) in [5, 5.41) is 12.7. The van der Waals surface area contributed by atoms with Crippen LogP contribution in [0.1, 0.15) is 11.3 Å². The van der Waals surface area contributed by atoms with Gasteiger partial charge in [0.05, 0.1) is 6.61 Å². The van der Waals surface area contributed by atoms with Crippen molar-refractivity contribution in [3.63, 3.8) is 0 Å². The zero-order valence-corrected chi connectivity index (χ0v) is 8.60. The van der Waals surface area contributed by atoms with Crippen LogP contribution in [0.5, 0.6) is 0 Å². The number of benzene rings is 1. The van der Waals surface area contributed by atoms with Crippen molar-refractivity contribution in [3.8, 4) is 11.3 Å². The van der Waals surface area contributed by atoms with Gasteiger partial charge in [-0.2, -0.15) is 0 Å². The van der Waals surface area contributed by atoms with E-state index >= 15 is 0 Å². The first-order chi connectivity index (χ1) is 7.29. The molecule has 0 fully saturated rings. The predicted molar refractivity (Wildman–Crippen MR) is 57.5 cm³/mol. The lowest BCUT2D eigenvalue weighted by Gasteiger charge is -1.95. The van der Waals surface area contributed by atoms with Crippen LogP contribution in [0.2, 0.25) is 0 Å². The molecular weight excluding hydrogens is 190 g/mol. The van der Waals surface area contributed by atoms with Crippen LogP contribution in [-0.4, -0.2) is 16.9 Å². The molecule has 0 amide bonds. The molecule has 0 atom stereocenters. The molecule has 1 aromatic heterocycles. The summed E-state index contributed by atoms with van der Waals surface area (Å²) in [5.41, 5.74) is 3.06. The zero-order valence-electron chi connectivity index (χ0n) is 8.60. The lowest BCUT2D eigenvalue weighted by Crippen LogP contribution is -1.86. The van der Waals surface area contributed by atoms with Gasteiger partial charge < -0.3 is 9.63 Å². The first-order valence-electron chi connectivity index (χ1n) is 4.93. The molecule has 3 heteroatoms. The third-order valence-electron chi connectivity index (χ3n) is 2.23. The lowest BCUT2D eigenvalue weighted by molar-refractivity contribution is 0.277. The Labute approximate surface area is 88.3 Å². The van der Waals surface area contributed by atoms with E-state index in [-0.39, 0.29) is 6.61 Å². The quantitative estimate of drug-likeness (QED) is 0.831. The van der Waals surface area contributed by atoms with Gasteiger partial charge in [-0.1, -0.05) is 28.9 Å². The molecule has 0 radical (unpaired) electrons. The minimum absolute atomic E-state index is 0.0858. The fraction of sp³-hybridized carbons (Fsp3) is 0.250. The van der Waals surface area contributed by atoms with Gasteiger partial charge in [0.15, 0.2) is 0 Å². The molecule has 0 aliphatic rings. The fourth-order valence-corrected chi connectivity index (χ4v) is 1.48. The van der Waals surface area contributed by atoms with Crippen molar-refractivity contribution in [3.05, 3.63) is 41.7 Å². The first-order valence-corrected chi connectivity index (χ1v) is 4.93. The molecule has 0 saturated heterocycles. The van der Waals surface area contributed by atoms with E-state index in [9.17, 15) is 0 Å². The highest BCUT2D eigenvalue weighted by Crippen LogP contribution is 2.20. The molecule has 0 bridgehead atoms. The van der Waals surface area contributed by atoms with Gasteiger partial charge in [-0.15, -0.1) is 0 Å². The van der Waals surface area contributed by atoms with Crippen molar-refractivity contribution >= 4 is 0 Å². The van der Waals surface area contributed by atoms with Gasteiger partial charge in [-0.05, 0) is 13.0 Å². The fourth-order valence-electron chi connectivity index (χ4n) is 1.48. The van der Waals surface area contributed by atoms with Crippen molar-refractivity contribution in [2.45, 2.75) is 13.3 Å². The Hall–Kier alpha value is -1.61. The number of hydrogen-bond donors (Lipinski definition) is 1. The maximum Gasteiger partial charge on any atom is 0.139 e. The van der Waals surface area contributed by atoms with E-state index in [2.05, 4.69) is 11.2 Å². The normalized spacial score (nSPS) is 10.5. The Morgan fingerprint density at radius 1 is 1.33 bits per heavy atom. The third kappa shape index (κ3) is 2.25. The lowest BCUT2D eigenvalue weighted by atomic mass is 10.1. The van der Waals surface area contributed by atoms with Crippen molar-refractivity contribution in [2.75, 3.05) is 6.61 Å². The first kappa shape index (κ1) is 9.93. The van der Waals surface area contributed by atoms with E-state index in [1.165, 1.54) is 5.56 Å². The second-order valence-corrected chi connectivity index (χ2v) is 3.52. The Morgan fingerprint density at radius 2 is 2.20 bits per heavy atom. The molecule has 2 rings (SSSR count). The van der Waals surface area contributed by atoms with Crippen LogP contribution in [-0.2, 0) is 6.42 Å². The van der Waals surface area contributed by atoms with Crippen LogP contribution in [0.25, 0.3) is 11.3 Å². The molecule has 1 aromatic carbocycles. The van der Waals surface area contributed by atoms with Crippen molar-refractivity contribution < 1.29 is 9.63 Å². The second kappa shape index (κ2) is 4.28. The molecule has 1 N–H and O–H groups in total. The Bertz CT molecular complexity index is 448. The maximum absolute atomic E-state index is 8.76. The van der Waals surface area contributed by atoms with Crippen molar-refractivity contribution in [2.24, 2.45) is 0 Å². The number of aliphatic hydroxyl groups excluding tert-OH is 1. The largest absolute Gasteiger partial charge is 0.396 e. The highest BCUT2D eigenvalue weighted by molar-refractivity contribution is 5.59. The summed E-state index contributed by atoms with van der Waals surface area (Å²) in [7, 11) is 0. The molecular formula is C12H13NO2. The number of aliphatic hydroxyl groups is 1. The average Bonchev–Trinajstić information content (AvgIpc) is 2.67. The number of aryl methyl sites for hydroxylation is 1. The van der Waals surface area contributed by atoms with Crippen LogP contribution >= 0.6 is 0 Å². The summed E-state index contributed by atoms with van der Waals surface area (Å²) in [6.45, 7) is 2.13. The van der Waals surface area contributed by atoms with Gasteiger partial charge in [0.1, 0.15) is 11.5 Å². The minimum atomic E-state index is 0.0858. The Morgan fingerprint density at radius 3 is 2.93 bits per heavy atom. The molecule has 0 unspecified atom stereocenters. The standard InChI is InChI=1S/C12H13NO2/c1-9-3-2-4-10(7-9)12-8-11(5-6-14)15-13-12/h2-4,7-8,14H,5-6H2,1H3. The topological polar surface area (TPSA) is 46.3 Å². The molecule has 0 aliphatic carbocycles. The van der Waals surface area contributed by atoms with Gasteiger partial charge in [0, 0.05) is 18.1 Å². The minimum Gasteiger partial charge on any atom is -0.396 e. The van der Waals surface area contributed by atoms with E-state index in [1.807, 2.05) is 31.2 Å². The molecule has 3 nitrogen and oxygen atoms in total. The second-order valence-electron chi connectivity index (χ2n) is 3.52. The van der Waals surface area contributed by atoms with Crippen LogP contribution in [0.3, 0.4) is 0 Å². The summed E-state index contributed by atoms with van der Waals surface area (Å²) in [4.78, 5) is 0. The summed E-state index contributed by atoms with van der Waals surface area (Å²) >= 11 is 0. The van der Waals surface area contributed by atoms with E-state index < -0.39 is 0 Å². The van der Waals surface area contributed by atoms with Gasteiger partial charge in [0.25, 0.3) is 0 Å². The number of rotatable bonds is 3. The summed E-state index contributed by atoms with van der Waals surface area (Å²) < 4.78 is 5.09. The summed E-state index contributed by atoms with van der Waals surface area (Å²) in [6.07, 6.45) is 0.513. The van der Waals surface area contributed by atoms with Gasteiger partial charge >= 0.3 is 0 Å². The third-order valence-corrected chi connectivity index (χ3v) is 2.23. The van der Waals surface area contributed by atoms with Crippen LogP contribution in [0.4, 0.5) is 0 Å². The summed E-state index contributed by atoms with van der Waals surface area (Å²) in [5.74, 6) is 0.717. The molecule has 15 heavy (non-hydrogen) atoms. The zero-order chi connectivity index (χ0) is 10.7. The van der Waals surface area contributed by atoms with E-state index in [1.54, 1.807) is 0 Å². The SMILES string of the molecule is Cc1cccc(-c2cc(CCO)on2)c1. The Kier molecular flexibility index (Phi) is 2.83. The summed E-state index contributed by atoms with van der Waals surface area (Å²) in [6, 6.07) is 9.95. The van der Waals surface area contributed by atoms with E-state index in [0.29, 0.717) is 12.2 Å². The Balaban J connectivity index is 2.29. The van der Waals surface area contributed by atoms with E-state index in [4.69, 9.17) is 9.63 Å².